The van der Waals surface area contributed by atoms with Gasteiger partial charge in [0.15, 0.2) is 0 Å². The highest BCUT2D eigenvalue weighted by molar-refractivity contribution is 7.89. The Morgan fingerprint density at radius 2 is 1.71 bits per heavy atom. The molecule has 1 fully saturated rings. The number of anilines is 2. The third-order valence-electron chi connectivity index (χ3n) is 7.33. The molecule has 2 aromatic carbocycles. The summed E-state index contributed by atoms with van der Waals surface area (Å²) >= 11 is 0. The van der Waals surface area contributed by atoms with Crippen molar-refractivity contribution >= 4 is 33.2 Å². The van der Waals surface area contributed by atoms with Crippen LogP contribution in [0.3, 0.4) is 0 Å². The second kappa shape index (κ2) is 10.5. The molecule has 0 spiro atoms. The first-order chi connectivity index (χ1) is 16.7. The van der Waals surface area contributed by atoms with Crippen molar-refractivity contribution in [2.24, 2.45) is 11.8 Å². The van der Waals surface area contributed by atoms with Crippen LogP contribution in [0.1, 0.15) is 57.6 Å². The van der Waals surface area contributed by atoms with Crippen molar-refractivity contribution in [3.8, 4) is 0 Å². The maximum Gasteiger partial charge on any atom is 0.240 e. The molecule has 0 unspecified atom stereocenters. The molecule has 2 amide bonds. The molecule has 7 nitrogen and oxygen atoms in total. The quantitative estimate of drug-likeness (QED) is 0.597. The van der Waals surface area contributed by atoms with Gasteiger partial charge in [-0.25, -0.2) is 13.1 Å². The van der Waals surface area contributed by atoms with Crippen molar-refractivity contribution in [2.45, 2.75) is 70.2 Å². The van der Waals surface area contributed by atoms with E-state index in [-0.39, 0.29) is 34.6 Å². The number of rotatable bonds is 7. The van der Waals surface area contributed by atoms with E-state index in [1.807, 2.05) is 31.2 Å². The summed E-state index contributed by atoms with van der Waals surface area (Å²) in [6.07, 6.45) is 4.74. The number of fused-ring (bicyclic) bond motifs is 1. The van der Waals surface area contributed by atoms with Crippen molar-refractivity contribution in [3.05, 3.63) is 53.6 Å². The molecular weight excluding hydrogens is 462 g/mol. The number of hydrogen-bond acceptors (Lipinski definition) is 4. The first-order valence-electron chi connectivity index (χ1n) is 12.5. The molecule has 0 saturated heterocycles. The van der Waals surface area contributed by atoms with Crippen LogP contribution in [0.15, 0.2) is 47.4 Å². The molecule has 2 N–H and O–H groups in total. The van der Waals surface area contributed by atoms with Crippen LogP contribution in [0.25, 0.3) is 0 Å². The standard InChI is InChI=1S/C27H35N3O4S/c1-4-20-7-11-24(12-8-20)29-27(32)22-9-5-21(6-10-22)17-28-35(33,34)25-13-14-26-23(16-25)15-18(2)30(26)19(3)31/h7-8,11-14,16,18,21-22,28H,4-6,9-10,15,17H2,1-3H3,(H,29,32)/t18-,21?,22?/m0/s1. The van der Waals surface area contributed by atoms with Gasteiger partial charge < -0.3 is 10.2 Å². The van der Waals surface area contributed by atoms with Crippen LogP contribution in [-0.4, -0.2) is 32.8 Å². The van der Waals surface area contributed by atoms with Gasteiger partial charge in [0.1, 0.15) is 0 Å². The molecule has 35 heavy (non-hydrogen) atoms. The summed E-state index contributed by atoms with van der Waals surface area (Å²) in [5.41, 5.74) is 3.73. The van der Waals surface area contributed by atoms with E-state index in [4.69, 9.17) is 0 Å². The molecule has 2 aliphatic rings. The fraction of sp³-hybridized carbons (Fsp3) is 0.481. The molecule has 0 aromatic heterocycles. The summed E-state index contributed by atoms with van der Waals surface area (Å²) in [7, 11) is -3.65. The number of hydrogen-bond donors (Lipinski definition) is 2. The molecule has 8 heteroatoms. The summed E-state index contributed by atoms with van der Waals surface area (Å²) in [6.45, 7) is 5.95. The Balaban J connectivity index is 1.28. The van der Waals surface area contributed by atoms with E-state index in [1.165, 1.54) is 12.5 Å². The number of carbonyl (C=O) groups is 2. The highest BCUT2D eigenvalue weighted by atomic mass is 32.2. The average molecular weight is 498 g/mol. The smallest absolute Gasteiger partial charge is 0.240 e. The lowest BCUT2D eigenvalue weighted by Gasteiger charge is -2.28. The predicted octanol–water partition coefficient (Wildman–Crippen LogP) is 4.27. The third kappa shape index (κ3) is 5.76. The van der Waals surface area contributed by atoms with E-state index >= 15 is 0 Å². The fourth-order valence-corrected chi connectivity index (χ4v) is 6.43. The molecule has 1 heterocycles. The lowest BCUT2D eigenvalue weighted by atomic mass is 9.81. The van der Waals surface area contributed by atoms with Crippen LogP contribution in [0, 0.1) is 11.8 Å². The Bertz CT molecular complexity index is 1190. The van der Waals surface area contributed by atoms with E-state index in [2.05, 4.69) is 17.0 Å². The fourth-order valence-electron chi connectivity index (χ4n) is 5.26. The number of nitrogens with one attached hydrogen (secondary N) is 2. The van der Waals surface area contributed by atoms with Crippen molar-refractivity contribution in [2.75, 3.05) is 16.8 Å². The van der Waals surface area contributed by atoms with Gasteiger partial charge in [0.05, 0.1) is 4.90 Å². The maximum absolute atomic E-state index is 12.9. The van der Waals surface area contributed by atoms with Crippen molar-refractivity contribution < 1.29 is 18.0 Å². The number of carbonyl (C=O) groups excluding carboxylic acids is 2. The van der Waals surface area contributed by atoms with Gasteiger partial charge in [-0.15, -0.1) is 0 Å². The Hall–Kier alpha value is -2.71. The van der Waals surface area contributed by atoms with E-state index < -0.39 is 10.0 Å². The van der Waals surface area contributed by atoms with Crippen molar-refractivity contribution in [1.29, 1.82) is 0 Å². The molecule has 1 saturated carbocycles. The van der Waals surface area contributed by atoms with Gasteiger partial charge >= 0.3 is 0 Å². The predicted molar refractivity (Wildman–Crippen MR) is 138 cm³/mol. The number of nitrogens with zero attached hydrogens (tertiary/aromatic N) is 1. The first kappa shape index (κ1) is 25.4. The maximum atomic E-state index is 12.9. The minimum absolute atomic E-state index is 0.0245. The largest absolute Gasteiger partial charge is 0.326 e. The summed E-state index contributed by atoms with van der Waals surface area (Å²) in [6, 6.07) is 12.9. The normalized spacial score (nSPS) is 22.0. The van der Waals surface area contributed by atoms with Crippen molar-refractivity contribution in [1.82, 2.24) is 4.72 Å². The summed E-state index contributed by atoms with van der Waals surface area (Å²) in [5.74, 6) is 0.167. The Morgan fingerprint density at radius 3 is 2.34 bits per heavy atom. The Labute approximate surface area is 208 Å². The molecule has 1 aliphatic carbocycles. The van der Waals surface area contributed by atoms with Crippen LogP contribution in [0.2, 0.25) is 0 Å². The van der Waals surface area contributed by atoms with E-state index in [1.54, 1.807) is 23.1 Å². The van der Waals surface area contributed by atoms with Crippen molar-refractivity contribution in [3.63, 3.8) is 0 Å². The molecule has 1 aliphatic heterocycles. The Morgan fingerprint density at radius 1 is 1.03 bits per heavy atom. The van der Waals surface area contributed by atoms with Gasteiger partial charge in [-0.2, -0.15) is 0 Å². The topological polar surface area (TPSA) is 95.6 Å². The highest BCUT2D eigenvalue weighted by Gasteiger charge is 2.31. The lowest BCUT2D eigenvalue weighted by molar-refractivity contribution is -0.121. The third-order valence-corrected chi connectivity index (χ3v) is 8.75. The summed E-state index contributed by atoms with van der Waals surface area (Å²) in [4.78, 5) is 26.5. The highest BCUT2D eigenvalue weighted by Crippen LogP contribution is 2.34. The van der Waals surface area contributed by atoms with Crippen LogP contribution >= 0.6 is 0 Å². The van der Waals surface area contributed by atoms with Gasteiger partial charge in [0.2, 0.25) is 21.8 Å². The number of amides is 2. The van der Waals surface area contributed by atoms with Gasteiger partial charge in [-0.1, -0.05) is 19.1 Å². The van der Waals surface area contributed by atoms with Crippen LogP contribution in [0.5, 0.6) is 0 Å². The Kier molecular flexibility index (Phi) is 7.62. The first-order valence-corrected chi connectivity index (χ1v) is 14.0. The van der Waals surface area contributed by atoms with Crippen LogP contribution < -0.4 is 14.9 Å². The number of aryl methyl sites for hydroxylation is 1. The second-order valence-electron chi connectivity index (χ2n) is 9.84. The molecule has 0 bridgehead atoms. The minimum atomic E-state index is -3.65. The second-order valence-corrected chi connectivity index (χ2v) is 11.6. The number of sulfonamides is 1. The molecule has 1 atom stereocenters. The molecular formula is C27H35N3O4S. The van der Waals surface area contributed by atoms with Gasteiger partial charge in [-0.3, -0.25) is 9.59 Å². The average Bonchev–Trinajstić information content (AvgIpc) is 3.18. The molecule has 4 rings (SSSR count). The minimum Gasteiger partial charge on any atom is -0.326 e. The zero-order valence-electron chi connectivity index (χ0n) is 20.7. The van der Waals surface area contributed by atoms with E-state index in [0.717, 1.165) is 49.0 Å². The zero-order chi connectivity index (χ0) is 25.2. The van der Waals surface area contributed by atoms with E-state index in [9.17, 15) is 18.0 Å². The van der Waals surface area contributed by atoms with E-state index in [0.29, 0.717) is 13.0 Å². The van der Waals surface area contributed by atoms with Gasteiger partial charge in [0.25, 0.3) is 0 Å². The van der Waals surface area contributed by atoms with Gasteiger partial charge in [-0.05, 0) is 92.8 Å². The summed E-state index contributed by atoms with van der Waals surface area (Å²) < 4.78 is 28.6. The van der Waals surface area contributed by atoms with Crippen LogP contribution in [0.4, 0.5) is 11.4 Å². The summed E-state index contributed by atoms with van der Waals surface area (Å²) in [5, 5.41) is 3.01. The van der Waals surface area contributed by atoms with Crippen LogP contribution in [-0.2, 0) is 32.5 Å². The van der Waals surface area contributed by atoms with Gasteiger partial charge in [0, 0.05) is 36.8 Å². The molecule has 0 radical (unpaired) electrons. The monoisotopic (exact) mass is 497 g/mol. The SMILES string of the molecule is CCc1ccc(NC(=O)C2CCC(CNS(=O)(=O)c3ccc4c(c3)C[C@H](C)N4C(C)=O)CC2)cc1. The number of benzene rings is 2. The lowest BCUT2D eigenvalue weighted by Crippen LogP contribution is -2.34. The molecule has 188 valence electrons. The molecule has 2 aromatic rings. The zero-order valence-corrected chi connectivity index (χ0v) is 21.5.